The number of amides is 2. The largest absolute Gasteiger partial charge is 0.349 e. The maximum atomic E-state index is 12.5. The van der Waals surface area contributed by atoms with E-state index in [1.165, 1.54) is 6.20 Å². The number of nitrogens with zero attached hydrogens (tertiary/aromatic N) is 2. The molecule has 1 aliphatic rings. The molecular formula is C20H18N4O2. The van der Waals surface area contributed by atoms with Gasteiger partial charge in [0.1, 0.15) is 0 Å². The predicted molar refractivity (Wildman–Crippen MR) is 98.4 cm³/mol. The van der Waals surface area contributed by atoms with Crippen molar-refractivity contribution < 1.29 is 9.59 Å². The highest BCUT2D eigenvalue weighted by Gasteiger charge is 2.23. The summed E-state index contributed by atoms with van der Waals surface area (Å²) in [5.74, 6) is -0.382. The molecule has 0 spiro atoms. The van der Waals surface area contributed by atoms with Crippen molar-refractivity contribution in [1.29, 1.82) is 0 Å². The first-order valence-corrected chi connectivity index (χ1v) is 8.51. The highest BCUT2D eigenvalue weighted by Crippen LogP contribution is 2.20. The van der Waals surface area contributed by atoms with E-state index in [0.29, 0.717) is 22.9 Å². The maximum Gasteiger partial charge on any atom is 0.258 e. The second-order valence-electron chi connectivity index (χ2n) is 6.29. The Morgan fingerprint density at radius 3 is 2.54 bits per heavy atom. The zero-order valence-corrected chi connectivity index (χ0v) is 14.1. The Labute approximate surface area is 150 Å². The Kier molecular flexibility index (Phi) is 4.23. The molecule has 0 bridgehead atoms. The third-order valence-corrected chi connectivity index (χ3v) is 4.16. The number of aromatic nitrogens is 2. The molecule has 6 heteroatoms. The molecule has 2 amide bonds. The second-order valence-corrected chi connectivity index (χ2v) is 6.29. The average Bonchev–Trinajstić information content (AvgIpc) is 3.34. The lowest BCUT2D eigenvalue weighted by Crippen LogP contribution is -2.25. The van der Waals surface area contributed by atoms with Crippen LogP contribution in [0.5, 0.6) is 0 Å². The highest BCUT2D eigenvalue weighted by molar-refractivity contribution is 6.05. The van der Waals surface area contributed by atoms with Crippen LogP contribution in [0.15, 0.2) is 67.0 Å². The van der Waals surface area contributed by atoms with Crippen molar-refractivity contribution in [1.82, 2.24) is 15.1 Å². The van der Waals surface area contributed by atoms with E-state index in [0.717, 1.165) is 18.5 Å². The van der Waals surface area contributed by atoms with Gasteiger partial charge in [0, 0.05) is 23.5 Å². The lowest BCUT2D eigenvalue weighted by atomic mass is 10.2. The van der Waals surface area contributed by atoms with Gasteiger partial charge in [0.25, 0.3) is 11.8 Å². The summed E-state index contributed by atoms with van der Waals surface area (Å²) in [5, 5.41) is 9.98. The van der Waals surface area contributed by atoms with Crippen LogP contribution in [0, 0.1) is 0 Å². The lowest BCUT2D eigenvalue weighted by Gasteiger charge is -2.07. The molecule has 6 nitrogen and oxygen atoms in total. The van der Waals surface area contributed by atoms with Crippen LogP contribution in [0.4, 0.5) is 5.69 Å². The molecular weight excluding hydrogens is 328 g/mol. The standard InChI is InChI=1S/C20H18N4O2/c25-19(22-16-9-10-16)14-5-4-6-17(11-14)23-20(26)15-12-21-24(13-15)18-7-2-1-3-8-18/h1-8,11-13,16H,9-10H2,(H,22,25)(H,23,26). The van der Waals surface area contributed by atoms with Crippen LogP contribution in [0.1, 0.15) is 33.6 Å². The average molecular weight is 346 g/mol. The van der Waals surface area contributed by atoms with Gasteiger partial charge in [-0.3, -0.25) is 9.59 Å². The molecule has 0 atom stereocenters. The number of hydrogen-bond acceptors (Lipinski definition) is 3. The number of para-hydroxylation sites is 1. The van der Waals surface area contributed by atoms with Gasteiger partial charge >= 0.3 is 0 Å². The fourth-order valence-corrected chi connectivity index (χ4v) is 2.60. The van der Waals surface area contributed by atoms with Gasteiger partial charge < -0.3 is 10.6 Å². The number of rotatable bonds is 5. The van der Waals surface area contributed by atoms with Gasteiger partial charge in [0.2, 0.25) is 0 Å². The SMILES string of the molecule is O=C(Nc1cccc(C(=O)NC2CC2)c1)c1cnn(-c2ccccc2)c1. The van der Waals surface area contributed by atoms with Gasteiger partial charge in [-0.25, -0.2) is 4.68 Å². The van der Waals surface area contributed by atoms with Crippen molar-refractivity contribution in [3.8, 4) is 5.69 Å². The van der Waals surface area contributed by atoms with E-state index in [4.69, 9.17) is 0 Å². The Bertz CT molecular complexity index is 945. The molecule has 1 fully saturated rings. The molecule has 130 valence electrons. The molecule has 0 saturated heterocycles. The first kappa shape index (κ1) is 16.1. The fourth-order valence-electron chi connectivity index (χ4n) is 2.60. The lowest BCUT2D eigenvalue weighted by molar-refractivity contribution is 0.0949. The first-order chi connectivity index (χ1) is 12.7. The van der Waals surface area contributed by atoms with Crippen molar-refractivity contribution in [2.75, 3.05) is 5.32 Å². The number of carbonyl (C=O) groups is 2. The van der Waals surface area contributed by atoms with E-state index in [-0.39, 0.29) is 11.8 Å². The van der Waals surface area contributed by atoms with Gasteiger partial charge in [0.05, 0.1) is 17.4 Å². The van der Waals surface area contributed by atoms with Gasteiger partial charge in [0.15, 0.2) is 0 Å². The van der Waals surface area contributed by atoms with Crippen LogP contribution in [-0.2, 0) is 0 Å². The minimum absolute atomic E-state index is 0.111. The van der Waals surface area contributed by atoms with Crippen LogP contribution >= 0.6 is 0 Å². The number of nitrogens with one attached hydrogen (secondary N) is 2. The molecule has 1 aliphatic carbocycles. The molecule has 0 aliphatic heterocycles. The number of carbonyl (C=O) groups excluding carboxylic acids is 2. The summed E-state index contributed by atoms with van der Waals surface area (Å²) >= 11 is 0. The van der Waals surface area contributed by atoms with Gasteiger partial charge in [-0.2, -0.15) is 5.10 Å². The Balaban J connectivity index is 1.46. The normalized spacial score (nSPS) is 13.2. The van der Waals surface area contributed by atoms with Crippen LogP contribution in [-0.4, -0.2) is 27.6 Å². The van der Waals surface area contributed by atoms with Crippen molar-refractivity contribution in [2.45, 2.75) is 18.9 Å². The molecule has 0 unspecified atom stereocenters. The third kappa shape index (κ3) is 3.64. The molecule has 4 rings (SSSR count). The smallest absolute Gasteiger partial charge is 0.258 e. The van der Waals surface area contributed by atoms with Crippen molar-refractivity contribution in [3.63, 3.8) is 0 Å². The number of hydrogen-bond donors (Lipinski definition) is 2. The van der Waals surface area contributed by atoms with Crippen LogP contribution in [0.25, 0.3) is 5.69 Å². The fraction of sp³-hybridized carbons (Fsp3) is 0.150. The van der Waals surface area contributed by atoms with Gasteiger partial charge in [-0.05, 0) is 43.2 Å². The molecule has 0 radical (unpaired) electrons. The summed E-state index contributed by atoms with van der Waals surface area (Å²) in [4.78, 5) is 24.6. The highest BCUT2D eigenvalue weighted by atomic mass is 16.2. The summed E-state index contributed by atoms with van der Waals surface area (Å²) in [6, 6.07) is 16.8. The minimum atomic E-state index is -0.271. The van der Waals surface area contributed by atoms with E-state index in [1.807, 2.05) is 30.3 Å². The summed E-state index contributed by atoms with van der Waals surface area (Å²) in [7, 11) is 0. The molecule has 1 saturated carbocycles. The Morgan fingerprint density at radius 2 is 1.77 bits per heavy atom. The number of anilines is 1. The Morgan fingerprint density at radius 1 is 0.962 bits per heavy atom. The summed E-state index contributed by atoms with van der Waals surface area (Å²) in [6.45, 7) is 0. The molecule has 2 N–H and O–H groups in total. The molecule has 1 heterocycles. The topological polar surface area (TPSA) is 76.0 Å². The van der Waals surface area contributed by atoms with E-state index in [1.54, 1.807) is 35.1 Å². The summed E-state index contributed by atoms with van der Waals surface area (Å²) in [5.41, 5.74) is 2.44. The summed E-state index contributed by atoms with van der Waals surface area (Å²) < 4.78 is 1.65. The molecule has 2 aromatic carbocycles. The van der Waals surface area contributed by atoms with Crippen LogP contribution in [0.2, 0.25) is 0 Å². The zero-order valence-electron chi connectivity index (χ0n) is 14.1. The van der Waals surface area contributed by atoms with E-state index >= 15 is 0 Å². The van der Waals surface area contributed by atoms with Crippen molar-refractivity contribution >= 4 is 17.5 Å². The number of benzene rings is 2. The predicted octanol–water partition coefficient (Wildman–Crippen LogP) is 3.02. The molecule has 26 heavy (non-hydrogen) atoms. The summed E-state index contributed by atoms with van der Waals surface area (Å²) in [6.07, 6.45) is 5.27. The molecule has 3 aromatic rings. The van der Waals surface area contributed by atoms with E-state index < -0.39 is 0 Å². The van der Waals surface area contributed by atoms with E-state index in [9.17, 15) is 9.59 Å². The monoisotopic (exact) mass is 346 g/mol. The van der Waals surface area contributed by atoms with Gasteiger partial charge in [-0.15, -0.1) is 0 Å². The first-order valence-electron chi connectivity index (χ1n) is 8.51. The van der Waals surface area contributed by atoms with Crippen LogP contribution < -0.4 is 10.6 Å². The maximum absolute atomic E-state index is 12.5. The quantitative estimate of drug-likeness (QED) is 0.746. The molecule has 1 aromatic heterocycles. The minimum Gasteiger partial charge on any atom is -0.349 e. The van der Waals surface area contributed by atoms with Crippen molar-refractivity contribution in [2.24, 2.45) is 0 Å². The van der Waals surface area contributed by atoms with Crippen LogP contribution in [0.3, 0.4) is 0 Å². The third-order valence-electron chi connectivity index (χ3n) is 4.16. The van der Waals surface area contributed by atoms with Gasteiger partial charge in [-0.1, -0.05) is 24.3 Å². The van der Waals surface area contributed by atoms with Crippen molar-refractivity contribution in [3.05, 3.63) is 78.1 Å². The second kappa shape index (κ2) is 6.84. The van der Waals surface area contributed by atoms with E-state index in [2.05, 4.69) is 15.7 Å². The zero-order chi connectivity index (χ0) is 17.9. The Hall–Kier alpha value is -3.41.